The van der Waals surface area contributed by atoms with Crippen molar-refractivity contribution in [2.45, 2.75) is 57.0 Å². The van der Waals surface area contributed by atoms with Crippen molar-refractivity contribution in [3.63, 3.8) is 0 Å². The summed E-state index contributed by atoms with van der Waals surface area (Å²) in [6, 6.07) is 39.0. The fourth-order valence-corrected chi connectivity index (χ4v) is 9.32. The second-order valence-corrected chi connectivity index (χ2v) is 18.4. The zero-order valence-electron chi connectivity index (χ0n) is 33.9. The maximum atomic E-state index is 14.3. The fourth-order valence-electron chi connectivity index (χ4n) is 7.10. The molecule has 4 aromatic carbocycles. The van der Waals surface area contributed by atoms with Crippen LogP contribution in [-0.4, -0.2) is 78.2 Å². The minimum atomic E-state index is -4.15. The average Bonchev–Trinajstić information content (AvgIpc) is 3.79. The van der Waals surface area contributed by atoms with Gasteiger partial charge >= 0.3 is 7.75 Å². The molecule has 1 fully saturated rings. The molecule has 1 saturated heterocycles. The number of nitrogens with one attached hydrogen (secondary N) is 2. The number of benzene rings is 4. The standard InChI is InChI=1S/C44H49N6O9PS/c1-42(2,28-56-44(31-18-10-5-11-19-31,32-20-12-6-13-21-32)33-22-14-7-15-23-33)40(53)61-25-24-57-60(55,47-26-30-16-8-4-9-17-30)58-27-34-43(3,54)36(51)39(59-34)50-29-46-35-37(50)48-41(45)49-38(35)52/h4-23,29,34,36,39,51,54H,24-28H2,1-3H3,(H,47,55)(H3,45,48,49,52)/t34-,36?,39-,43-,60?/m1/s1. The molecular weight excluding hydrogens is 820 g/mol. The molecule has 61 heavy (non-hydrogen) atoms. The number of H-pyrrole nitrogens is 1. The number of imidazole rings is 1. The van der Waals surface area contributed by atoms with Gasteiger partial charge in [0.25, 0.3) is 5.56 Å². The molecule has 0 bridgehead atoms. The third kappa shape index (κ3) is 9.58. The predicted octanol–water partition coefficient (Wildman–Crippen LogP) is 5.94. The van der Waals surface area contributed by atoms with E-state index < -0.39 is 55.0 Å². The number of ether oxygens (including phenoxy) is 2. The van der Waals surface area contributed by atoms with E-state index in [9.17, 15) is 24.4 Å². The van der Waals surface area contributed by atoms with E-state index in [1.165, 1.54) is 17.8 Å². The number of carbonyl (C=O) groups excluding carboxylic acids is 1. The molecule has 1 aliphatic rings. The van der Waals surface area contributed by atoms with Gasteiger partial charge in [-0.25, -0.2) is 14.6 Å². The first-order chi connectivity index (χ1) is 29.2. The van der Waals surface area contributed by atoms with Crippen LogP contribution in [0.3, 0.4) is 0 Å². The number of aliphatic hydroxyl groups excluding tert-OH is 1. The van der Waals surface area contributed by atoms with Crippen LogP contribution in [0.25, 0.3) is 11.2 Å². The number of aliphatic hydroxyl groups is 2. The molecule has 0 aliphatic carbocycles. The fraction of sp³-hybridized carbons (Fsp3) is 0.318. The quantitative estimate of drug-likeness (QED) is 0.0385. The lowest BCUT2D eigenvalue weighted by molar-refractivity contribution is -0.124. The Morgan fingerprint density at radius 2 is 1.51 bits per heavy atom. The van der Waals surface area contributed by atoms with E-state index in [0.717, 1.165) is 34.0 Å². The number of hydrogen-bond acceptors (Lipinski definition) is 13. The number of aromatic amines is 1. The number of aromatic nitrogens is 4. The molecule has 6 N–H and O–H groups in total. The van der Waals surface area contributed by atoms with Gasteiger partial charge in [-0.1, -0.05) is 133 Å². The minimum Gasteiger partial charge on any atom is -0.385 e. The summed E-state index contributed by atoms with van der Waals surface area (Å²) in [5.74, 6) is -0.0421. The molecule has 6 aromatic rings. The monoisotopic (exact) mass is 868 g/mol. The van der Waals surface area contributed by atoms with Gasteiger partial charge in [0, 0.05) is 12.3 Å². The van der Waals surface area contributed by atoms with Crippen molar-refractivity contribution in [2.24, 2.45) is 5.41 Å². The Morgan fingerprint density at radius 1 is 0.951 bits per heavy atom. The van der Waals surface area contributed by atoms with Crippen LogP contribution in [-0.2, 0) is 40.0 Å². The normalized spacial score (nSPS) is 20.4. The van der Waals surface area contributed by atoms with E-state index >= 15 is 0 Å². The Hall–Kier alpha value is -5.00. The summed E-state index contributed by atoms with van der Waals surface area (Å²) in [6.45, 7) is 4.55. The number of fused-ring (bicyclic) bond motifs is 1. The summed E-state index contributed by atoms with van der Waals surface area (Å²) >= 11 is 1.03. The highest BCUT2D eigenvalue weighted by Gasteiger charge is 2.54. The largest absolute Gasteiger partial charge is 0.405 e. The van der Waals surface area contributed by atoms with Crippen molar-refractivity contribution in [1.82, 2.24) is 24.6 Å². The molecule has 3 heterocycles. The second kappa shape index (κ2) is 18.5. The van der Waals surface area contributed by atoms with E-state index in [-0.39, 0.29) is 47.7 Å². The smallest absolute Gasteiger partial charge is 0.385 e. The van der Waals surface area contributed by atoms with E-state index in [1.54, 1.807) is 0 Å². The van der Waals surface area contributed by atoms with Crippen LogP contribution in [0, 0.1) is 5.41 Å². The van der Waals surface area contributed by atoms with Crippen molar-refractivity contribution in [3.8, 4) is 0 Å². The SMILES string of the molecule is CC(C)(COC(c1ccccc1)(c1ccccc1)c1ccccc1)C(=O)SCCOP(=O)(NCc1ccccc1)OC[C@H]1O[C@@H](n2cnc3c(=O)[nH]c(N)nc32)C(O)[C@]1(C)O. The highest BCUT2D eigenvalue weighted by molar-refractivity contribution is 8.13. The van der Waals surface area contributed by atoms with Gasteiger partial charge in [0.2, 0.25) is 5.95 Å². The van der Waals surface area contributed by atoms with Crippen LogP contribution in [0.15, 0.2) is 132 Å². The summed E-state index contributed by atoms with van der Waals surface area (Å²) in [6.07, 6.45) is -2.79. The summed E-state index contributed by atoms with van der Waals surface area (Å²) in [4.78, 5) is 36.8. The Kier molecular flexibility index (Phi) is 13.4. The van der Waals surface area contributed by atoms with Gasteiger partial charge in [-0.05, 0) is 43.0 Å². The van der Waals surface area contributed by atoms with Gasteiger partial charge < -0.3 is 25.4 Å². The maximum absolute atomic E-state index is 14.3. The highest BCUT2D eigenvalue weighted by Crippen LogP contribution is 2.47. The average molecular weight is 869 g/mol. The highest BCUT2D eigenvalue weighted by atomic mass is 32.2. The minimum absolute atomic E-state index is 0.0332. The molecular formula is C44H49N6O9PS. The predicted molar refractivity (Wildman–Crippen MR) is 232 cm³/mol. The van der Waals surface area contributed by atoms with Gasteiger partial charge in [-0.2, -0.15) is 4.98 Å². The lowest BCUT2D eigenvalue weighted by Gasteiger charge is -2.38. The molecule has 7 rings (SSSR count). The van der Waals surface area contributed by atoms with Crippen molar-refractivity contribution in [2.75, 3.05) is 31.3 Å². The Bertz CT molecular complexity index is 2410. The van der Waals surface area contributed by atoms with Gasteiger partial charge in [-0.3, -0.25) is 28.2 Å². The summed E-state index contributed by atoms with van der Waals surface area (Å²) in [7, 11) is -4.15. The molecule has 2 aromatic heterocycles. The van der Waals surface area contributed by atoms with Crippen molar-refractivity contribution >= 4 is 41.7 Å². The maximum Gasteiger partial charge on any atom is 0.405 e. The molecule has 1 aliphatic heterocycles. The molecule has 15 nitrogen and oxygen atoms in total. The van der Waals surface area contributed by atoms with E-state index in [4.69, 9.17) is 24.3 Å². The van der Waals surface area contributed by atoms with Crippen LogP contribution < -0.4 is 16.4 Å². The lowest BCUT2D eigenvalue weighted by Crippen LogP contribution is -2.46. The number of carbonyl (C=O) groups is 1. The second-order valence-electron chi connectivity index (χ2n) is 15.5. The van der Waals surface area contributed by atoms with Crippen LogP contribution in [0.2, 0.25) is 0 Å². The zero-order chi connectivity index (χ0) is 43.3. The zero-order valence-corrected chi connectivity index (χ0v) is 35.6. The third-order valence-corrected chi connectivity index (χ3v) is 13.3. The van der Waals surface area contributed by atoms with E-state index in [2.05, 4.69) is 20.0 Å². The molecule has 5 atom stereocenters. The molecule has 0 spiro atoms. The lowest BCUT2D eigenvalue weighted by atomic mass is 9.79. The summed E-state index contributed by atoms with van der Waals surface area (Å²) in [5, 5.41) is 25.3. The number of hydrogen-bond donors (Lipinski definition) is 5. The van der Waals surface area contributed by atoms with Gasteiger partial charge in [0.1, 0.15) is 23.4 Å². The third-order valence-electron chi connectivity index (χ3n) is 10.6. The van der Waals surface area contributed by atoms with E-state index in [1.807, 2.05) is 135 Å². The number of nitrogens with two attached hydrogens (primary N) is 1. The first-order valence-corrected chi connectivity index (χ1v) is 22.2. The van der Waals surface area contributed by atoms with Crippen molar-refractivity contribution in [1.29, 1.82) is 0 Å². The Balaban J connectivity index is 1.02. The van der Waals surface area contributed by atoms with Crippen LogP contribution >= 0.6 is 19.5 Å². The molecule has 2 unspecified atom stereocenters. The molecule has 0 saturated carbocycles. The van der Waals surface area contributed by atoms with Crippen molar-refractivity contribution < 1.29 is 38.1 Å². The first kappa shape index (κ1) is 44.1. The number of thioether (sulfide) groups is 1. The number of rotatable bonds is 18. The Morgan fingerprint density at radius 3 is 2.08 bits per heavy atom. The molecule has 17 heteroatoms. The number of nitrogen functional groups attached to an aromatic ring is 1. The topological polar surface area (TPSA) is 213 Å². The van der Waals surface area contributed by atoms with Gasteiger partial charge in [0.05, 0.1) is 31.6 Å². The van der Waals surface area contributed by atoms with Gasteiger partial charge in [-0.15, -0.1) is 0 Å². The number of nitrogens with zero attached hydrogens (tertiary/aromatic N) is 3. The van der Waals surface area contributed by atoms with Crippen LogP contribution in [0.4, 0.5) is 5.95 Å². The summed E-state index contributed by atoms with van der Waals surface area (Å²) in [5.41, 5.74) is 4.81. The van der Waals surface area contributed by atoms with Crippen LogP contribution in [0.5, 0.6) is 0 Å². The molecule has 0 amide bonds. The Labute approximate surface area is 357 Å². The van der Waals surface area contributed by atoms with Crippen molar-refractivity contribution in [3.05, 3.63) is 160 Å². The summed E-state index contributed by atoms with van der Waals surface area (Å²) < 4.78 is 40.4. The molecule has 320 valence electrons. The van der Waals surface area contributed by atoms with Gasteiger partial charge in [0.15, 0.2) is 22.5 Å². The van der Waals surface area contributed by atoms with Crippen LogP contribution in [0.1, 0.15) is 49.3 Å². The van der Waals surface area contributed by atoms with E-state index in [0.29, 0.717) is 0 Å². The first-order valence-electron chi connectivity index (χ1n) is 19.7. The number of anilines is 1. The molecule has 0 radical (unpaired) electrons.